The molecule has 0 aromatic heterocycles. The predicted molar refractivity (Wildman–Crippen MR) is 127 cm³/mol. The van der Waals surface area contributed by atoms with Gasteiger partial charge in [-0.05, 0) is 50.6 Å². The Morgan fingerprint density at radius 3 is 2.72 bits per heavy atom. The number of hydrogen-bond donors (Lipinski definition) is 3. The Morgan fingerprint density at radius 2 is 2.06 bits per heavy atom. The van der Waals surface area contributed by atoms with Gasteiger partial charge in [0.25, 0.3) is 0 Å². The number of primary amides is 1. The Morgan fingerprint density at radius 1 is 1.28 bits per heavy atom. The summed E-state index contributed by atoms with van der Waals surface area (Å²) < 4.78 is 44.4. The number of benzene rings is 1. The molecule has 1 amide bonds. The molecular formula is C27H29F3N2O4. The van der Waals surface area contributed by atoms with Gasteiger partial charge in [0.05, 0.1) is 0 Å². The molecule has 5 aliphatic rings. The van der Waals surface area contributed by atoms with Crippen molar-refractivity contribution in [2.45, 2.75) is 49.1 Å². The number of aliphatic hydroxyl groups excluding tert-OH is 1. The third-order valence-electron chi connectivity index (χ3n) is 8.32. The van der Waals surface area contributed by atoms with Crippen molar-refractivity contribution in [3.05, 3.63) is 71.9 Å². The van der Waals surface area contributed by atoms with Gasteiger partial charge in [0.2, 0.25) is 5.91 Å². The van der Waals surface area contributed by atoms with E-state index >= 15 is 0 Å². The van der Waals surface area contributed by atoms with E-state index in [0.717, 1.165) is 37.6 Å². The van der Waals surface area contributed by atoms with E-state index in [4.69, 9.17) is 10.5 Å². The number of rotatable bonds is 2. The van der Waals surface area contributed by atoms with Crippen LogP contribution in [-0.4, -0.2) is 59.0 Å². The van der Waals surface area contributed by atoms with Crippen molar-refractivity contribution in [2.75, 3.05) is 13.6 Å². The monoisotopic (exact) mass is 502 g/mol. The molecule has 36 heavy (non-hydrogen) atoms. The van der Waals surface area contributed by atoms with Crippen LogP contribution in [0.1, 0.15) is 24.0 Å². The van der Waals surface area contributed by atoms with Gasteiger partial charge in [-0.25, -0.2) is 0 Å². The molecule has 1 saturated heterocycles. The van der Waals surface area contributed by atoms with Gasteiger partial charge in [-0.3, -0.25) is 4.79 Å². The highest BCUT2D eigenvalue weighted by Crippen LogP contribution is 2.62. The van der Waals surface area contributed by atoms with Crippen molar-refractivity contribution in [1.82, 2.24) is 4.90 Å². The molecule has 192 valence electrons. The van der Waals surface area contributed by atoms with Crippen molar-refractivity contribution in [3.8, 4) is 11.5 Å². The van der Waals surface area contributed by atoms with E-state index in [0.29, 0.717) is 17.7 Å². The topological polar surface area (TPSA) is 96.0 Å². The number of allylic oxidation sites excluding steroid dienone is 5. The fraction of sp³-hybridized carbons (Fsp3) is 0.444. The number of aliphatic hydroxyl groups is 1. The third kappa shape index (κ3) is 3.59. The number of hydrogen-bond acceptors (Lipinski definition) is 5. The minimum absolute atomic E-state index is 0.160. The Kier molecular flexibility index (Phi) is 5.83. The molecule has 6 atom stereocenters. The summed E-state index contributed by atoms with van der Waals surface area (Å²) in [4.78, 5) is 12.9. The number of alkyl halides is 3. The standard InChI is InChI=1S/C17H19NO3.C10H10F3NO/c1-18-7-6-17-10-3-5-13(20)16(17)21-15-12(19)4-2-9(14(15)17)8-11(10)18;11-10(12,13)9(7-4-8(14)15)5-2-1-3-6-9/h2-5,10-11,13,16,19-20H,6-8H2,1H3;1-5,7H,6H2,(H2,14,15)/t10-,11+,13-,16-,17-;/m0./s1. The van der Waals surface area contributed by atoms with E-state index in [1.54, 1.807) is 6.07 Å². The lowest BCUT2D eigenvalue weighted by molar-refractivity contribution is -0.188. The first-order chi connectivity index (χ1) is 17.0. The molecule has 1 fully saturated rings. The second kappa shape index (κ2) is 8.52. The van der Waals surface area contributed by atoms with Crippen LogP contribution in [0.5, 0.6) is 11.5 Å². The first kappa shape index (κ1) is 24.6. The fourth-order valence-electron chi connectivity index (χ4n) is 6.53. The molecule has 2 heterocycles. The van der Waals surface area contributed by atoms with Crippen LogP contribution in [0.25, 0.3) is 0 Å². The van der Waals surface area contributed by atoms with Crippen LogP contribution >= 0.6 is 0 Å². The number of likely N-dealkylation sites (tertiary alicyclic amines) is 1. The average Bonchev–Trinajstić information content (AvgIpc) is 3.19. The predicted octanol–water partition coefficient (Wildman–Crippen LogP) is 3.29. The molecule has 1 aromatic rings. The first-order valence-corrected chi connectivity index (χ1v) is 12.0. The Bertz CT molecular complexity index is 1190. The van der Waals surface area contributed by atoms with Gasteiger partial charge in [0, 0.05) is 22.9 Å². The number of ether oxygens (including phenoxy) is 1. The maximum Gasteiger partial charge on any atom is 0.401 e. The average molecular weight is 503 g/mol. The zero-order chi connectivity index (χ0) is 25.9. The highest BCUT2D eigenvalue weighted by atomic mass is 19.4. The normalized spacial score (nSPS) is 35.7. The first-order valence-electron chi connectivity index (χ1n) is 12.0. The summed E-state index contributed by atoms with van der Waals surface area (Å²) in [7, 11) is 2.19. The lowest BCUT2D eigenvalue weighted by Crippen LogP contribution is -2.64. The van der Waals surface area contributed by atoms with Gasteiger partial charge in [-0.2, -0.15) is 13.2 Å². The van der Waals surface area contributed by atoms with E-state index in [-0.39, 0.29) is 23.7 Å². The van der Waals surface area contributed by atoms with E-state index in [2.05, 4.69) is 18.0 Å². The second-order valence-electron chi connectivity index (χ2n) is 10.2. The van der Waals surface area contributed by atoms with Gasteiger partial charge in [0.15, 0.2) is 11.5 Å². The van der Waals surface area contributed by atoms with Gasteiger partial charge in [0.1, 0.15) is 17.6 Å². The summed E-state index contributed by atoms with van der Waals surface area (Å²) in [6, 6.07) is 4.23. The number of piperidine rings is 1. The van der Waals surface area contributed by atoms with Gasteiger partial charge < -0.3 is 25.6 Å². The largest absolute Gasteiger partial charge is 0.504 e. The molecule has 9 heteroatoms. The van der Waals surface area contributed by atoms with Crippen LogP contribution in [0.3, 0.4) is 0 Å². The van der Waals surface area contributed by atoms with Crippen LogP contribution in [0.15, 0.2) is 60.7 Å². The van der Waals surface area contributed by atoms with Crippen molar-refractivity contribution >= 4 is 5.91 Å². The number of phenols is 1. The van der Waals surface area contributed by atoms with Gasteiger partial charge in [-0.1, -0.05) is 48.6 Å². The minimum Gasteiger partial charge on any atom is -0.504 e. The molecular weight excluding hydrogens is 473 g/mol. The smallest absolute Gasteiger partial charge is 0.401 e. The number of amides is 1. The number of nitrogens with zero attached hydrogens (tertiary/aromatic N) is 1. The number of nitrogens with two attached hydrogens (primary N) is 1. The van der Waals surface area contributed by atoms with Crippen molar-refractivity contribution in [3.63, 3.8) is 0 Å². The fourth-order valence-corrected chi connectivity index (χ4v) is 6.53. The number of halogens is 3. The SMILES string of the molecule is CN1CC[C@]23c4c5ccc(O)c4O[C@H]2[C@@H](O)C=C[C@H]3[C@H]1C5.NC(=O)C=CC1(C(F)(F)F)C=CC=CC1. The maximum absolute atomic E-state index is 12.8. The molecule has 6 rings (SSSR count). The molecule has 6 nitrogen and oxygen atoms in total. The van der Waals surface area contributed by atoms with Crippen LogP contribution in [0.2, 0.25) is 0 Å². The third-order valence-corrected chi connectivity index (χ3v) is 8.32. The van der Waals surface area contributed by atoms with Crippen LogP contribution in [0, 0.1) is 11.3 Å². The number of likely N-dealkylation sites (N-methyl/N-ethyl adjacent to an activating group) is 1. The van der Waals surface area contributed by atoms with E-state index in [1.807, 2.05) is 12.1 Å². The van der Waals surface area contributed by atoms with E-state index in [1.165, 1.54) is 29.4 Å². The summed E-state index contributed by atoms with van der Waals surface area (Å²) >= 11 is 0. The molecule has 1 unspecified atom stereocenters. The zero-order valence-electron chi connectivity index (χ0n) is 19.8. The second-order valence-corrected chi connectivity index (χ2v) is 10.2. The quantitative estimate of drug-likeness (QED) is 0.426. The number of carbonyl (C=O) groups is 1. The van der Waals surface area contributed by atoms with Crippen LogP contribution < -0.4 is 10.5 Å². The number of aromatic hydroxyl groups is 1. The number of phenolic OH excluding ortho intramolecular Hbond substituents is 1. The van der Waals surface area contributed by atoms with Gasteiger partial charge >= 0.3 is 6.18 Å². The summed E-state index contributed by atoms with van der Waals surface area (Å²) in [5.41, 5.74) is 4.97. The van der Waals surface area contributed by atoms with Crippen LogP contribution in [-0.2, 0) is 16.6 Å². The summed E-state index contributed by atoms with van der Waals surface area (Å²) in [6.07, 6.45) is 7.34. The molecule has 3 aliphatic carbocycles. The molecule has 2 bridgehead atoms. The van der Waals surface area contributed by atoms with Gasteiger partial charge in [-0.15, -0.1) is 0 Å². The minimum atomic E-state index is -4.43. The lowest BCUT2D eigenvalue weighted by atomic mass is 9.53. The summed E-state index contributed by atoms with van der Waals surface area (Å²) in [5, 5.41) is 20.6. The summed E-state index contributed by atoms with van der Waals surface area (Å²) in [5.74, 6) is 0.302. The van der Waals surface area contributed by atoms with Crippen molar-refractivity contribution in [1.29, 1.82) is 0 Å². The van der Waals surface area contributed by atoms with Crippen LogP contribution in [0.4, 0.5) is 13.2 Å². The molecule has 1 aromatic carbocycles. The molecule has 4 N–H and O–H groups in total. The summed E-state index contributed by atoms with van der Waals surface area (Å²) in [6.45, 7) is 1.01. The van der Waals surface area contributed by atoms with Crippen molar-refractivity contribution in [2.24, 2.45) is 17.1 Å². The Hall–Kier alpha value is -3.04. The molecule has 0 radical (unpaired) electrons. The molecule has 1 spiro atoms. The molecule has 0 saturated carbocycles. The highest BCUT2D eigenvalue weighted by Gasteiger charge is 2.64. The number of carbonyl (C=O) groups excluding carboxylic acids is 1. The maximum atomic E-state index is 12.8. The zero-order valence-corrected chi connectivity index (χ0v) is 19.8. The Labute approximate surface area is 207 Å². The lowest BCUT2D eigenvalue weighted by Gasteiger charge is -2.56. The Balaban J connectivity index is 0.000000159. The van der Waals surface area contributed by atoms with Crippen molar-refractivity contribution < 1.29 is 32.9 Å². The highest BCUT2D eigenvalue weighted by molar-refractivity contribution is 5.85. The molecule has 2 aliphatic heterocycles. The van der Waals surface area contributed by atoms with E-state index < -0.39 is 23.6 Å². The van der Waals surface area contributed by atoms with E-state index in [9.17, 15) is 28.2 Å².